The van der Waals surface area contributed by atoms with Gasteiger partial charge in [-0.1, -0.05) is 23.2 Å². The predicted octanol–water partition coefficient (Wildman–Crippen LogP) is 3.93. The van der Waals surface area contributed by atoms with E-state index in [4.69, 9.17) is 38.1 Å². The van der Waals surface area contributed by atoms with Crippen LogP contribution in [0.15, 0.2) is 28.7 Å². The van der Waals surface area contributed by atoms with Crippen molar-refractivity contribution in [2.75, 3.05) is 0 Å². The lowest BCUT2D eigenvalue weighted by Gasteiger charge is -2.06. The number of furan rings is 1. The van der Waals surface area contributed by atoms with Gasteiger partial charge in [-0.15, -0.1) is 0 Å². The van der Waals surface area contributed by atoms with Crippen LogP contribution in [0.5, 0.6) is 5.75 Å². The van der Waals surface area contributed by atoms with Gasteiger partial charge < -0.3 is 14.9 Å². The Kier molecular flexibility index (Phi) is 4.17. The maximum Gasteiger partial charge on any atom is 0.146 e. The Morgan fingerprint density at radius 3 is 2.72 bits per heavy atom. The minimum atomic E-state index is 0.293. The molecule has 1 aromatic carbocycles. The summed E-state index contributed by atoms with van der Waals surface area (Å²) < 4.78 is 11.1. The average Bonchev–Trinajstić information content (AvgIpc) is 2.71. The fourth-order valence-corrected chi connectivity index (χ4v) is 1.93. The quantitative estimate of drug-likeness (QED) is 0.926. The Morgan fingerprint density at radius 1 is 1.28 bits per heavy atom. The predicted molar refractivity (Wildman–Crippen MR) is 72.1 cm³/mol. The molecule has 0 radical (unpaired) electrons. The Labute approximate surface area is 115 Å². The van der Waals surface area contributed by atoms with E-state index in [0.717, 1.165) is 11.3 Å². The highest BCUT2D eigenvalue weighted by molar-refractivity contribution is 6.34. The fraction of sp³-hybridized carbons (Fsp3) is 0.231. The summed E-state index contributed by atoms with van der Waals surface area (Å²) in [7, 11) is 0. The molecule has 0 saturated heterocycles. The van der Waals surface area contributed by atoms with E-state index in [2.05, 4.69) is 0 Å². The smallest absolute Gasteiger partial charge is 0.146 e. The van der Waals surface area contributed by atoms with Gasteiger partial charge in [-0.2, -0.15) is 0 Å². The van der Waals surface area contributed by atoms with Crippen LogP contribution in [0.2, 0.25) is 10.0 Å². The van der Waals surface area contributed by atoms with Gasteiger partial charge in [0.2, 0.25) is 0 Å². The summed E-state index contributed by atoms with van der Waals surface area (Å²) in [5.74, 6) is 2.02. The van der Waals surface area contributed by atoms with Crippen LogP contribution < -0.4 is 10.5 Å². The number of hydrogen-bond donors (Lipinski definition) is 1. The summed E-state index contributed by atoms with van der Waals surface area (Å²) in [4.78, 5) is 0. The van der Waals surface area contributed by atoms with Gasteiger partial charge in [0.1, 0.15) is 23.9 Å². The second-order valence-electron chi connectivity index (χ2n) is 3.89. The molecule has 5 heteroatoms. The average molecular weight is 286 g/mol. The number of aryl methyl sites for hydroxylation is 1. The molecule has 0 bridgehead atoms. The van der Waals surface area contributed by atoms with Crippen molar-refractivity contribution < 1.29 is 9.15 Å². The molecule has 0 aliphatic heterocycles. The van der Waals surface area contributed by atoms with E-state index in [0.29, 0.717) is 34.7 Å². The topological polar surface area (TPSA) is 48.4 Å². The third-order valence-corrected chi connectivity index (χ3v) is 3.07. The first-order chi connectivity index (χ1) is 8.60. The van der Waals surface area contributed by atoms with Crippen molar-refractivity contribution in [3.8, 4) is 5.75 Å². The molecule has 0 fully saturated rings. The van der Waals surface area contributed by atoms with E-state index in [-0.39, 0.29) is 0 Å². The van der Waals surface area contributed by atoms with Crippen molar-refractivity contribution in [3.63, 3.8) is 0 Å². The summed E-state index contributed by atoms with van der Waals surface area (Å²) in [6.07, 6.45) is 0. The second kappa shape index (κ2) is 5.65. The van der Waals surface area contributed by atoms with Crippen LogP contribution in [0.25, 0.3) is 0 Å². The molecule has 0 saturated carbocycles. The molecular formula is C13H13Cl2NO2. The number of benzene rings is 1. The highest BCUT2D eigenvalue weighted by Gasteiger charge is 2.08. The van der Waals surface area contributed by atoms with Crippen molar-refractivity contribution in [1.29, 1.82) is 0 Å². The van der Waals surface area contributed by atoms with Gasteiger partial charge in [-0.3, -0.25) is 0 Å². The number of rotatable bonds is 4. The summed E-state index contributed by atoms with van der Waals surface area (Å²) in [5, 5.41) is 1.09. The van der Waals surface area contributed by atoms with Crippen molar-refractivity contribution in [2.45, 2.75) is 20.1 Å². The minimum Gasteiger partial charge on any atom is -0.484 e. The molecule has 96 valence electrons. The van der Waals surface area contributed by atoms with Crippen LogP contribution >= 0.6 is 23.2 Å². The number of hydrogen-bond acceptors (Lipinski definition) is 3. The standard InChI is InChI=1S/C13H13Cl2NO2/c1-8-4-10(18-13(8)6-16)7-17-12-5-9(14)2-3-11(12)15/h2-5H,6-7,16H2,1H3. The highest BCUT2D eigenvalue weighted by atomic mass is 35.5. The molecule has 0 atom stereocenters. The molecule has 2 rings (SSSR count). The molecule has 1 heterocycles. The Hall–Kier alpha value is -1.16. The van der Waals surface area contributed by atoms with Crippen molar-refractivity contribution in [3.05, 3.63) is 51.4 Å². The van der Waals surface area contributed by atoms with Gasteiger partial charge in [-0.25, -0.2) is 0 Å². The largest absolute Gasteiger partial charge is 0.484 e. The van der Waals surface area contributed by atoms with E-state index in [1.165, 1.54) is 0 Å². The Morgan fingerprint density at radius 2 is 2.06 bits per heavy atom. The maximum absolute atomic E-state index is 5.99. The van der Waals surface area contributed by atoms with Gasteiger partial charge in [0.15, 0.2) is 0 Å². The van der Waals surface area contributed by atoms with E-state index in [1.807, 2.05) is 13.0 Å². The van der Waals surface area contributed by atoms with Crippen LogP contribution in [0.1, 0.15) is 17.1 Å². The normalized spacial score (nSPS) is 10.7. The lowest BCUT2D eigenvalue weighted by Crippen LogP contribution is -1.96. The monoisotopic (exact) mass is 285 g/mol. The Bertz CT molecular complexity index is 552. The third-order valence-electron chi connectivity index (χ3n) is 2.52. The van der Waals surface area contributed by atoms with Gasteiger partial charge >= 0.3 is 0 Å². The van der Waals surface area contributed by atoms with Crippen LogP contribution in [0.4, 0.5) is 0 Å². The number of nitrogens with two attached hydrogens (primary N) is 1. The zero-order valence-corrected chi connectivity index (χ0v) is 11.4. The summed E-state index contributed by atoms with van der Waals surface area (Å²) in [5.41, 5.74) is 6.56. The van der Waals surface area contributed by atoms with Crippen molar-refractivity contribution in [1.82, 2.24) is 0 Å². The molecule has 2 N–H and O–H groups in total. The SMILES string of the molecule is Cc1cc(COc2cc(Cl)ccc2Cl)oc1CN. The zero-order chi connectivity index (χ0) is 13.1. The second-order valence-corrected chi connectivity index (χ2v) is 4.73. The van der Waals surface area contributed by atoms with Crippen LogP contribution in [0.3, 0.4) is 0 Å². The molecule has 0 aliphatic carbocycles. The highest BCUT2D eigenvalue weighted by Crippen LogP contribution is 2.28. The Balaban J connectivity index is 2.08. The zero-order valence-electron chi connectivity index (χ0n) is 9.87. The lowest BCUT2D eigenvalue weighted by atomic mass is 10.2. The first kappa shape index (κ1) is 13.3. The van der Waals surface area contributed by atoms with Crippen LogP contribution in [-0.2, 0) is 13.2 Å². The van der Waals surface area contributed by atoms with Crippen LogP contribution in [0, 0.1) is 6.92 Å². The van der Waals surface area contributed by atoms with E-state index < -0.39 is 0 Å². The van der Waals surface area contributed by atoms with Crippen LogP contribution in [-0.4, -0.2) is 0 Å². The molecule has 1 aromatic heterocycles. The first-order valence-electron chi connectivity index (χ1n) is 5.46. The molecule has 2 aromatic rings. The molecular weight excluding hydrogens is 273 g/mol. The molecule has 0 spiro atoms. The summed E-state index contributed by atoms with van der Waals surface area (Å²) in [6.45, 7) is 2.62. The third kappa shape index (κ3) is 2.99. The van der Waals surface area contributed by atoms with Gasteiger partial charge in [-0.05, 0) is 30.7 Å². The van der Waals surface area contributed by atoms with E-state index in [1.54, 1.807) is 18.2 Å². The first-order valence-corrected chi connectivity index (χ1v) is 6.22. The number of halogens is 2. The molecule has 0 amide bonds. The fourth-order valence-electron chi connectivity index (χ4n) is 1.60. The number of ether oxygens (including phenoxy) is 1. The minimum absolute atomic E-state index is 0.293. The maximum atomic E-state index is 5.99. The van der Waals surface area contributed by atoms with Gasteiger partial charge in [0.25, 0.3) is 0 Å². The summed E-state index contributed by atoms with van der Waals surface area (Å²) >= 11 is 11.9. The molecule has 3 nitrogen and oxygen atoms in total. The van der Waals surface area contributed by atoms with Gasteiger partial charge in [0.05, 0.1) is 11.6 Å². The van der Waals surface area contributed by atoms with Gasteiger partial charge in [0, 0.05) is 11.1 Å². The van der Waals surface area contributed by atoms with E-state index in [9.17, 15) is 0 Å². The molecule has 18 heavy (non-hydrogen) atoms. The lowest BCUT2D eigenvalue weighted by molar-refractivity contribution is 0.266. The molecule has 0 unspecified atom stereocenters. The summed E-state index contributed by atoms with van der Waals surface area (Å²) in [6, 6.07) is 6.97. The van der Waals surface area contributed by atoms with E-state index >= 15 is 0 Å². The molecule has 0 aliphatic rings. The van der Waals surface area contributed by atoms with Crippen molar-refractivity contribution in [2.24, 2.45) is 5.73 Å². The van der Waals surface area contributed by atoms with Crippen molar-refractivity contribution >= 4 is 23.2 Å².